The fourth-order valence-electron chi connectivity index (χ4n) is 2.41. The molecule has 0 atom stereocenters. The molecule has 1 aromatic heterocycles. The maximum Gasteiger partial charge on any atom is 0.224 e. The normalized spacial score (nSPS) is 10.6. The predicted molar refractivity (Wildman–Crippen MR) is 96.7 cm³/mol. The fraction of sp³-hybridized carbons (Fsp3) is 0.158. The molecule has 1 heterocycles. The van der Waals surface area contributed by atoms with Crippen LogP contribution in [-0.2, 0) is 11.2 Å². The third-order valence-corrected chi connectivity index (χ3v) is 4.01. The first-order valence-corrected chi connectivity index (χ1v) is 8.14. The zero-order chi connectivity index (χ0) is 16.9. The van der Waals surface area contributed by atoms with Crippen molar-refractivity contribution in [3.63, 3.8) is 0 Å². The van der Waals surface area contributed by atoms with Gasteiger partial charge in [0, 0.05) is 23.3 Å². The van der Waals surface area contributed by atoms with Gasteiger partial charge >= 0.3 is 0 Å². The smallest absolute Gasteiger partial charge is 0.224 e. The molecule has 2 aromatic carbocycles. The molecule has 0 bridgehead atoms. The lowest BCUT2D eigenvalue weighted by atomic mass is 10.1. The molecule has 4 nitrogen and oxygen atoms in total. The van der Waals surface area contributed by atoms with E-state index in [1.165, 1.54) is 0 Å². The summed E-state index contributed by atoms with van der Waals surface area (Å²) in [5.41, 5.74) is 3.77. The number of rotatable bonds is 5. The maximum atomic E-state index is 12.1. The monoisotopic (exact) mass is 339 g/mol. The molecule has 0 aliphatic heterocycles. The van der Waals surface area contributed by atoms with Crippen LogP contribution in [0.4, 0.5) is 5.69 Å². The molecule has 0 aliphatic carbocycles. The number of carbonyl (C=O) groups is 1. The van der Waals surface area contributed by atoms with Crippen LogP contribution in [0, 0.1) is 6.92 Å². The molecule has 0 unspecified atom stereocenters. The molecular weight excluding hydrogens is 322 g/mol. The van der Waals surface area contributed by atoms with E-state index in [0.717, 1.165) is 22.5 Å². The molecule has 0 radical (unpaired) electrons. The summed E-state index contributed by atoms with van der Waals surface area (Å²) in [6, 6.07) is 15.4. The number of halogens is 1. The van der Waals surface area contributed by atoms with Crippen LogP contribution in [0.5, 0.6) is 0 Å². The number of aromatic nitrogens is 2. The maximum absolute atomic E-state index is 12.1. The molecular formula is C19H18ClN3O. The van der Waals surface area contributed by atoms with Crippen LogP contribution in [0.15, 0.2) is 60.9 Å². The van der Waals surface area contributed by atoms with E-state index in [2.05, 4.69) is 10.4 Å². The summed E-state index contributed by atoms with van der Waals surface area (Å²) in [7, 11) is 0. The average molecular weight is 340 g/mol. The van der Waals surface area contributed by atoms with Gasteiger partial charge in [-0.15, -0.1) is 0 Å². The predicted octanol–water partition coefficient (Wildman–Crippen LogP) is 4.41. The number of para-hydroxylation sites is 1. The van der Waals surface area contributed by atoms with Gasteiger partial charge in [-0.25, -0.2) is 4.68 Å². The van der Waals surface area contributed by atoms with Gasteiger partial charge < -0.3 is 5.32 Å². The summed E-state index contributed by atoms with van der Waals surface area (Å²) in [6.45, 7) is 1.94. The number of nitrogens with one attached hydrogen (secondary N) is 1. The lowest BCUT2D eigenvalue weighted by molar-refractivity contribution is -0.116. The van der Waals surface area contributed by atoms with Crippen LogP contribution in [-0.4, -0.2) is 15.7 Å². The van der Waals surface area contributed by atoms with Gasteiger partial charge in [0.15, 0.2) is 0 Å². The summed E-state index contributed by atoms with van der Waals surface area (Å²) in [5, 5.41) is 7.86. The molecule has 0 fully saturated rings. The van der Waals surface area contributed by atoms with E-state index in [9.17, 15) is 4.79 Å². The third kappa shape index (κ3) is 4.03. The van der Waals surface area contributed by atoms with Crippen molar-refractivity contribution in [1.82, 2.24) is 9.78 Å². The molecule has 5 heteroatoms. The second kappa shape index (κ2) is 7.32. The van der Waals surface area contributed by atoms with Gasteiger partial charge in [-0.2, -0.15) is 5.10 Å². The zero-order valence-corrected chi connectivity index (χ0v) is 14.1. The molecule has 1 N–H and O–H groups in total. The Hall–Kier alpha value is -2.59. The van der Waals surface area contributed by atoms with Crippen molar-refractivity contribution < 1.29 is 4.79 Å². The highest BCUT2D eigenvalue weighted by atomic mass is 35.5. The number of hydrogen-bond acceptors (Lipinski definition) is 2. The Bertz CT molecular complexity index is 843. The summed E-state index contributed by atoms with van der Waals surface area (Å²) >= 11 is 5.97. The van der Waals surface area contributed by atoms with Crippen molar-refractivity contribution in [2.45, 2.75) is 19.8 Å². The van der Waals surface area contributed by atoms with Gasteiger partial charge in [0.1, 0.15) is 0 Å². The Morgan fingerprint density at radius 1 is 1.21 bits per heavy atom. The summed E-state index contributed by atoms with van der Waals surface area (Å²) in [5.74, 6) is -0.0344. The number of carbonyl (C=O) groups excluding carboxylic acids is 1. The first kappa shape index (κ1) is 16.3. The first-order valence-electron chi connectivity index (χ1n) is 7.77. The molecule has 0 saturated heterocycles. The van der Waals surface area contributed by atoms with E-state index in [-0.39, 0.29) is 5.91 Å². The Morgan fingerprint density at radius 2 is 2.00 bits per heavy atom. The molecule has 0 saturated carbocycles. The van der Waals surface area contributed by atoms with Crippen LogP contribution >= 0.6 is 11.6 Å². The Kier molecular flexibility index (Phi) is 4.96. The van der Waals surface area contributed by atoms with Gasteiger partial charge in [-0.05, 0) is 48.7 Å². The highest BCUT2D eigenvalue weighted by Gasteiger charge is 2.07. The minimum Gasteiger partial charge on any atom is -0.326 e. The largest absolute Gasteiger partial charge is 0.326 e. The van der Waals surface area contributed by atoms with Crippen molar-refractivity contribution >= 4 is 23.2 Å². The molecule has 3 aromatic rings. The van der Waals surface area contributed by atoms with E-state index in [1.54, 1.807) is 12.3 Å². The minimum absolute atomic E-state index is 0.0344. The summed E-state index contributed by atoms with van der Waals surface area (Å²) < 4.78 is 1.81. The Balaban J connectivity index is 1.59. The standard InChI is InChI=1S/C19H18ClN3O/c1-14-7-9-16(20)11-18(14)22-19(24)10-8-15-12-21-23(13-15)17-5-3-2-4-6-17/h2-7,9,11-13H,8,10H2,1H3,(H,22,24). The van der Waals surface area contributed by atoms with Crippen molar-refractivity contribution in [1.29, 1.82) is 0 Å². The molecule has 122 valence electrons. The summed E-state index contributed by atoms with van der Waals surface area (Å²) in [6.07, 6.45) is 4.78. The molecule has 3 rings (SSSR count). The Labute approximate surface area is 146 Å². The van der Waals surface area contributed by atoms with Crippen LogP contribution in [0.25, 0.3) is 5.69 Å². The lowest BCUT2D eigenvalue weighted by Crippen LogP contribution is -2.13. The lowest BCUT2D eigenvalue weighted by Gasteiger charge is -2.08. The number of nitrogens with zero attached hydrogens (tertiary/aromatic N) is 2. The topological polar surface area (TPSA) is 46.9 Å². The van der Waals surface area contributed by atoms with Crippen molar-refractivity contribution in [2.24, 2.45) is 0 Å². The van der Waals surface area contributed by atoms with Gasteiger partial charge in [0.25, 0.3) is 0 Å². The van der Waals surface area contributed by atoms with Crippen LogP contribution < -0.4 is 5.32 Å². The number of hydrogen-bond donors (Lipinski definition) is 1. The van der Waals surface area contributed by atoms with Gasteiger partial charge in [0.2, 0.25) is 5.91 Å². The van der Waals surface area contributed by atoms with E-state index in [4.69, 9.17) is 11.6 Å². The quantitative estimate of drug-likeness (QED) is 0.748. The SMILES string of the molecule is Cc1ccc(Cl)cc1NC(=O)CCc1cnn(-c2ccccc2)c1. The highest BCUT2D eigenvalue weighted by Crippen LogP contribution is 2.20. The van der Waals surface area contributed by atoms with E-state index in [0.29, 0.717) is 17.9 Å². The summed E-state index contributed by atoms with van der Waals surface area (Å²) in [4.78, 5) is 12.1. The van der Waals surface area contributed by atoms with Crippen molar-refractivity contribution in [2.75, 3.05) is 5.32 Å². The van der Waals surface area contributed by atoms with Crippen LogP contribution in [0.3, 0.4) is 0 Å². The van der Waals surface area contributed by atoms with Crippen LogP contribution in [0.2, 0.25) is 5.02 Å². The van der Waals surface area contributed by atoms with Crippen LogP contribution in [0.1, 0.15) is 17.5 Å². The minimum atomic E-state index is -0.0344. The average Bonchev–Trinajstić information content (AvgIpc) is 3.06. The van der Waals surface area contributed by atoms with Gasteiger partial charge in [-0.3, -0.25) is 4.79 Å². The number of amides is 1. The molecule has 24 heavy (non-hydrogen) atoms. The number of anilines is 1. The number of aryl methyl sites for hydroxylation is 2. The fourth-order valence-corrected chi connectivity index (χ4v) is 2.58. The van der Waals surface area contributed by atoms with E-state index < -0.39 is 0 Å². The van der Waals surface area contributed by atoms with Crippen molar-refractivity contribution in [3.05, 3.63) is 77.1 Å². The van der Waals surface area contributed by atoms with E-state index >= 15 is 0 Å². The molecule has 0 spiro atoms. The zero-order valence-electron chi connectivity index (χ0n) is 13.4. The highest BCUT2D eigenvalue weighted by molar-refractivity contribution is 6.31. The third-order valence-electron chi connectivity index (χ3n) is 3.77. The Morgan fingerprint density at radius 3 is 2.79 bits per heavy atom. The molecule has 1 amide bonds. The second-order valence-corrected chi connectivity index (χ2v) is 6.07. The second-order valence-electron chi connectivity index (χ2n) is 5.64. The van der Waals surface area contributed by atoms with E-state index in [1.807, 2.05) is 60.3 Å². The number of benzene rings is 2. The van der Waals surface area contributed by atoms with Gasteiger partial charge in [0.05, 0.1) is 11.9 Å². The van der Waals surface area contributed by atoms with Gasteiger partial charge in [-0.1, -0.05) is 35.9 Å². The van der Waals surface area contributed by atoms with Crippen molar-refractivity contribution in [3.8, 4) is 5.69 Å². The first-order chi connectivity index (χ1) is 11.6. The molecule has 0 aliphatic rings.